The summed E-state index contributed by atoms with van der Waals surface area (Å²) < 4.78 is 15.7. The van der Waals surface area contributed by atoms with E-state index in [9.17, 15) is 4.39 Å². The molecule has 5 heteroatoms. The molecular weight excluding hydrogens is 295 g/mol. The molecule has 0 atom stereocenters. The first-order chi connectivity index (χ1) is 9.59. The molecule has 1 heterocycles. The fraction of sp³-hybridized carbons (Fsp3) is 0.533. The van der Waals surface area contributed by atoms with Gasteiger partial charge in [0.25, 0.3) is 0 Å². The number of hydrogen-bond acceptors (Lipinski definition) is 2. The van der Waals surface area contributed by atoms with E-state index >= 15 is 0 Å². The van der Waals surface area contributed by atoms with E-state index in [4.69, 9.17) is 11.6 Å². The van der Waals surface area contributed by atoms with E-state index in [0.29, 0.717) is 5.88 Å². The minimum Gasteiger partial charge on any atom is -0.325 e. The Hall–Kier alpha value is -0.740. The van der Waals surface area contributed by atoms with E-state index in [-0.39, 0.29) is 10.6 Å². The van der Waals surface area contributed by atoms with Crippen LogP contribution >= 0.6 is 23.4 Å². The van der Waals surface area contributed by atoms with Gasteiger partial charge < -0.3 is 4.57 Å². The quantitative estimate of drug-likeness (QED) is 0.710. The molecule has 1 aromatic heterocycles. The van der Waals surface area contributed by atoms with Crippen molar-refractivity contribution in [3.05, 3.63) is 29.8 Å². The van der Waals surface area contributed by atoms with Gasteiger partial charge in [-0.2, -0.15) is 11.8 Å². The molecule has 2 rings (SSSR count). The number of thioether (sulfide) groups is 1. The Morgan fingerprint density at radius 3 is 2.60 bits per heavy atom. The first kappa shape index (κ1) is 15.6. The highest BCUT2D eigenvalue weighted by Crippen LogP contribution is 2.34. The van der Waals surface area contributed by atoms with Crippen molar-refractivity contribution < 1.29 is 4.39 Å². The third-order valence-corrected chi connectivity index (χ3v) is 5.89. The fourth-order valence-electron chi connectivity index (χ4n) is 2.54. The standard InChI is InChI=1S/C15H20ClFN2S/c1-4-15(5-2,20-3)10-19-13-8-11(17)6-7-12(13)18-14(19)9-16/h6-8H,4-5,9-10H2,1-3H3. The minimum absolute atomic E-state index is 0.140. The lowest BCUT2D eigenvalue weighted by atomic mass is 10.0. The van der Waals surface area contributed by atoms with Gasteiger partial charge in [0.05, 0.1) is 16.9 Å². The van der Waals surface area contributed by atoms with Crippen LogP contribution in [0.5, 0.6) is 0 Å². The Morgan fingerprint density at radius 1 is 1.35 bits per heavy atom. The maximum Gasteiger partial charge on any atom is 0.125 e. The smallest absolute Gasteiger partial charge is 0.125 e. The average molecular weight is 315 g/mol. The lowest BCUT2D eigenvalue weighted by Crippen LogP contribution is -2.29. The van der Waals surface area contributed by atoms with Gasteiger partial charge in [0, 0.05) is 11.3 Å². The van der Waals surface area contributed by atoms with Crippen LogP contribution in [0.1, 0.15) is 32.5 Å². The number of rotatable bonds is 6. The Balaban J connectivity index is 2.54. The van der Waals surface area contributed by atoms with Gasteiger partial charge in [-0.3, -0.25) is 0 Å². The molecule has 0 saturated heterocycles. The molecule has 0 bridgehead atoms. The average Bonchev–Trinajstić information content (AvgIpc) is 2.82. The molecule has 0 aliphatic heterocycles. The Bertz CT molecular complexity index is 585. The summed E-state index contributed by atoms with van der Waals surface area (Å²) in [5.74, 6) is 0.920. The molecule has 0 N–H and O–H groups in total. The van der Waals surface area contributed by atoms with E-state index in [1.807, 2.05) is 11.8 Å². The van der Waals surface area contributed by atoms with Crippen molar-refractivity contribution in [2.24, 2.45) is 0 Å². The lowest BCUT2D eigenvalue weighted by molar-refractivity contribution is 0.466. The number of halogens is 2. The van der Waals surface area contributed by atoms with E-state index in [1.165, 1.54) is 6.07 Å². The Kier molecular flexibility index (Phi) is 4.97. The second kappa shape index (κ2) is 6.35. The van der Waals surface area contributed by atoms with E-state index in [2.05, 4.69) is 29.7 Å². The predicted octanol–water partition coefficient (Wildman–Crippen LogP) is 4.84. The number of aromatic nitrogens is 2. The largest absolute Gasteiger partial charge is 0.325 e. The van der Waals surface area contributed by atoms with Gasteiger partial charge in [-0.15, -0.1) is 11.6 Å². The van der Waals surface area contributed by atoms with Crippen LogP contribution in [0.2, 0.25) is 0 Å². The van der Waals surface area contributed by atoms with Crippen molar-refractivity contribution in [1.82, 2.24) is 9.55 Å². The molecule has 0 spiro atoms. The lowest BCUT2D eigenvalue weighted by Gasteiger charge is -2.31. The molecule has 2 nitrogen and oxygen atoms in total. The second-order valence-corrected chi connectivity index (χ2v) is 6.52. The van der Waals surface area contributed by atoms with Crippen molar-refractivity contribution in [3.63, 3.8) is 0 Å². The molecule has 20 heavy (non-hydrogen) atoms. The summed E-state index contributed by atoms with van der Waals surface area (Å²) in [6.45, 7) is 5.20. The number of alkyl halides is 1. The zero-order valence-corrected chi connectivity index (χ0v) is 13.7. The van der Waals surface area contributed by atoms with Gasteiger partial charge in [0.1, 0.15) is 11.6 Å². The molecule has 0 radical (unpaired) electrons. The first-order valence-corrected chi connectivity index (χ1v) is 8.60. The molecule has 2 aromatic rings. The summed E-state index contributed by atoms with van der Waals surface area (Å²) in [6.07, 6.45) is 4.25. The topological polar surface area (TPSA) is 17.8 Å². The van der Waals surface area contributed by atoms with Crippen molar-refractivity contribution in [2.45, 2.75) is 43.9 Å². The highest BCUT2D eigenvalue weighted by Gasteiger charge is 2.27. The van der Waals surface area contributed by atoms with Gasteiger partial charge in [-0.25, -0.2) is 9.37 Å². The molecule has 0 unspecified atom stereocenters. The minimum atomic E-state index is -0.234. The Morgan fingerprint density at radius 2 is 2.05 bits per heavy atom. The fourth-order valence-corrected chi connectivity index (χ4v) is 3.58. The van der Waals surface area contributed by atoms with E-state index < -0.39 is 0 Å². The molecule has 0 aliphatic carbocycles. The molecule has 0 fully saturated rings. The van der Waals surface area contributed by atoms with Crippen LogP contribution in [-0.4, -0.2) is 20.6 Å². The zero-order chi connectivity index (χ0) is 14.8. The SMILES string of the molecule is CCC(CC)(Cn1c(CCl)nc2ccc(F)cc21)SC. The van der Waals surface area contributed by atoms with Crippen LogP contribution in [0.4, 0.5) is 4.39 Å². The van der Waals surface area contributed by atoms with Gasteiger partial charge >= 0.3 is 0 Å². The summed E-state index contributed by atoms with van der Waals surface area (Å²) in [6, 6.07) is 4.71. The van der Waals surface area contributed by atoms with Crippen molar-refractivity contribution in [1.29, 1.82) is 0 Å². The summed E-state index contributed by atoms with van der Waals surface area (Å²) in [5.41, 5.74) is 1.64. The highest BCUT2D eigenvalue weighted by atomic mass is 35.5. The highest BCUT2D eigenvalue weighted by molar-refractivity contribution is 8.00. The van der Waals surface area contributed by atoms with Crippen LogP contribution in [-0.2, 0) is 12.4 Å². The zero-order valence-electron chi connectivity index (χ0n) is 12.1. The number of benzene rings is 1. The monoisotopic (exact) mass is 314 g/mol. The third-order valence-electron chi connectivity index (χ3n) is 4.08. The van der Waals surface area contributed by atoms with E-state index in [0.717, 1.165) is 36.2 Å². The molecule has 1 aromatic carbocycles. The number of imidazole rings is 1. The van der Waals surface area contributed by atoms with Crippen LogP contribution in [0.3, 0.4) is 0 Å². The van der Waals surface area contributed by atoms with Gasteiger partial charge in [-0.1, -0.05) is 13.8 Å². The summed E-state index contributed by atoms with van der Waals surface area (Å²) in [5, 5.41) is 0. The number of hydrogen-bond donors (Lipinski definition) is 0. The molecule has 0 aliphatic rings. The Labute approximate surface area is 128 Å². The molecular formula is C15H20ClFN2S. The number of fused-ring (bicyclic) bond motifs is 1. The maximum absolute atomic E-state index is 13.5. The maximum atomic E-state index is 13.5. The van der Waals surface area contributed by atoms with Crippen molar-refractivity contribution >= 4 is 34.4 Å². The summed E-state index contributed by atoms with van der Waals surface area (Å²) >= 11 is 7.88. The predicted molar refractivity (Wildman–Crippen MR) is 86.1 cm³/mol. The third kappa shape index (κ3) is 2.82. The van der Waals surface area contributed by atoms with Crippen LogP contribution in [0.25, 0.3) is 11.0 Å². The second-order valence-electron chi connectivity index (χ2n) is 4.98. The van der Waals surface area contributed by atoms with Crippen LogP contribution < -0.4 is 0 Å². The first-order valence-electron chi connectivity index (χ1n) is 6.85. The molecule has 0 saturated carbocycles. The normalized spacial score (nSPS) is 12.2. The molecule has 110 valence electrons. The van der Waals surface area contributed by atoms with Crippen molar-refractivity contribution in [2.75, 3.05) is 6.26 Å². The number of nitrogens with zero attached hydrogens (tertiary/aromatic N) is 2. The van der Waals surface area contributed by atoms with Gasteiger partial charge in [-0.05, 0) is 37.3 Å². The van der Waals surface area contributed by atoms with Crippen molar-refractivity contribution in [3.8, 4) is 0 Å². The van der Waals surface area contributed by atoms with Crippen LogP contribution in [0.15, 0.2) is 18.2 Å². The van der Waals surface area contributed by atoms with Crippen LogP contribution in [0, 0.1) is 5.82 Å². The summed E-state index contributed by atoms with van der Waals surface area (Å²) in [4.78, 5) is 4.51. The van der Waals surface area contributed by atoms with Gasteiger partial charge in [0.2, 0.25) is 0 Å². The molecule has 0 amide bonds. The summed E-state index contributed by atoms with van der Waals surface area (Å²) in [7, 11) is 0. The van der Waals surface area contributed by atoms with E-state index in [1.54, 1.807) is 12.1 Å². The van der Waals surface area contributed by atoms with Gasteiger partial charge in [0.15, 0.2) is 0 Å².